The van der Waals surface area contributed by atoms with Crippen LogP contribution in [0, 0.1) is 17.3 Å². The van der Waals surface area contributed by atoms with E-state index in [0.29, 0.717) is 23.8 Å². The molecule has 0 spiro atoms. The molecular weight excluding hydrogens is 264 g/mol. The van der Waals surface area contributed by atoms with E-state index in [1.807, 2.05) is 0 Å². The van der Waals surface area contributed by atoms with Gasteiger partial charge in [-0.25, -0.2) is 0 Å². The Morgan fingerprint density at radius 1 is 1.24 bits per heavy atom. The fourth-order valence-corrected chi connectivity index (χ4v) is 3.25. The molecule has 2 aliphatic rings. The molecule has 1 aliphatic carbocycles. The highest BCUT2D eigenvalue weighted by Crippen LogP contribution is 2.32. The summed E-state index contributed by atoms with van der Waals surface area (Å²) < 4.78 is 0. The summed E-state index contributed by atoms with van der Waals surface area (Å²) in [7, 11) is 0. The second kappa shape index (κ2) is 7.10. The SMILES string of the molecule is CC(C)(C)CNC1CC(CCC(=O)O)CN(CC2CC2)C1. The first kappa shape index (κ1) is 16.8. The molecule has 0 aromatic carbocycles. The molecule has 0 amide bonds. The summed E-state index contributed by atoms with van der Waals surface area (Å²) in [6.45, 7) is 11.2. The van der Waals surface area contributed by atoms with Crippen molar-refractivity contribution in [2.45, 2.75) is 58.9 Å². The van der Waals surface area contributed by atoms with E-state index in [1.54, 1.807) is 0 Å². The molecule has 2 rings (SSSR count). The van der Waals surface area contributed by atoms with Crippen molar-refractivity contribution in [3.8, 4) is 0 Å². The molecule has 0 aromatic rings. The zero-order chi connectivity index (χ0) is 15.5. The molecule has 1 saturated heterocycles. The smallest absolute Gasteiger partial charge is 0.303 e. The fourth-order valence-electron chi connectivity index (χ4n) is 3.25. The van der Waals surface area contributed by atoms with E-state index >= 15 is 0 Å². The number of hydrogen-bond acceptors (Lipinski definition) is 3. The lowest BCUT2D eigenvalue weighted by molar-refractivity contribution is -0.137. The van der Waals surface area contributed by atoms with Gasteiger partial charge in [0.2, 0.25) is 0 Å². The van der Waals surface area contributed by atoms with Gasteiger partial charge < -0.3 is 15.3 Å². The molecule has 0 aromatic heterocycles. The second-order valence-corrected chi connectivity index (χ2v) is 8.33. The number of carbonyl (C=O) groups is 1. The van der Waals surface area contributed by atoms with E-state index in [4.69, 9.17) is 5.11 Å². The Labute approximate surface area is 129 Å². The molecule has 2 unspecified atom stereocenters. The highest BCUT2D eigenvalue weighted by atomic mass is 16.4. The van der Waals surface area contributed by atoms with Crippen LogP contribution in [0.4, 0.5) is 0 Å². The van der Waals surface area contributed by atoms with E-state index in [0.717, 1.165) is 38.4 Å². The van der Waals surface area contributed by atoms with Crippen LogP contribution >= 0.6 is 0 Å². The molecule has 2 fully saturated rings. The first-order valence-electron chi connectivity index (χ1n) is 8.49. The number of carboxylic acid groups (broad SMARTS) is 1. The molecule has 1 heterocycles. The second-order valence-electron chi connectivity index (χ2n) is 8.33. The predicted molar refractivity (Wildman–Crippen MR) is 85.4 cm³/mol. The first-order valence-corrected chi connectivity index (χ1v) is 8.49. The molecule has 0 radical (unpaired) electrons. The van der Waals surface area contributed by atoms with E-state index < -0.39 is 5.97 Å². The predicted octanol–water partition coefficient (Wildman–Crippen LogP) is 2.59. The fraction of sp³-hybridized carbons (Fsp3) is 0.941. The van der Waals surface area contributed by atoms with Gasteiger partial charge in [-0.1, -0.05) is 20.8 Å². The Balaban J connectivity index is 1.84. The van der Waals surface area contributed by atoms with Crippen molar-refractivity contribution in [1.29, 1.82) is 0 Å². The molecule has 1 saturated carbocycles. The monoisotopic (exact) mass is 296 g/mol. The molecule has 4 heteroatoms. The number of nitrogens with zero attached hydrogens (tertiary/aromatic N) is 1. The minimum atomic E-state index is -0.659. The third-order valence-corrected chi connectivity index (χ3v) is 4.51. The standard InChI is InChI=1S/C17H32N2O2/c1-17(2,3)12-18-15-8-14(6-7-16(20)21)10-19(11-15)9-13-4-5-13/h13-15,18H,4-12H2,1-3H3,(H,20,21). The van der Waals surface area contributed by atoms with Crippen LogP contribution in [0.3, 0.4) is 0 Å². The lowest BCUT2D eigenvalue weighted by Crippen LogP contribution is -2.51. The number of piperidine rings is 1. The largest absolute Gasteiger partial charge is 0.481 e. The van der Waals surface area contributed by atoms with Crippen LogP contribution in [0.25, 0.3) is 0 Å². The van der Waals surface area contributed by atoms with Crippen molar-refractivity contribution >= 4 is 5.97 Å². The van der Waals surface area contributed by atoms with Crippen molar-refractivity contribution in [1.82, 2.24) is 10.2 Å². The number of hydrogen-bond donors (Lipinski definition) is 2. The minimum Gasteiger partial charge on any atom is -0.481 e. The maximum absolute atomic E-state index is 10.8. The van der Waals surface area contributed by atoms with Gasteiger partial charge in [-0.05, 0) is 42.9 Å². The third-order valence-electron chi connectivity index (χ3n) is 4.51. The maximum atomic E-state index is 10.8. The van der Waals surface area contributed by atoms with Crippen molar-refractivity contribution in [2.75, 3.05) is 26.2 Å². The summed E-state index contributed by atoms with van der Waals surface area (Å²) in [6, 6.07) is 0.524. The van der Waals surface area contributed by atoms with Gasteiger partial charge in [-0.15, -0.1) is 0 Å². The normalized spacial score (nSPS) is 27.8. The zero-order valence-electron chi connectivity index (χ0n) is 13.9. The summed E-state index contributed by atoms with van der Waals surface area (Å²) in [4.78, 5) is 13.4. The van der Waals surface area contributed by atoms with Crippen LogP contribution in [-0.2, 0) is 4.79 Å². The molecule has 0 bridgehead atoms. The number of aliphatic carboxylic acids is 1. The Kier molecular flexibility index (Phi) is 5.67. The molecule has 2 atom stereocenters. The average molecular weight is 296 g/mol. The number of carboxylic acids is 1. The minimum absolute atomic E-state index is 0.301. The molecule has 4 nitrogen and oxygen atoms in total. The lowest BCUT2D eigenvalue weighted by atomic mass is 9.89. The van der Waals surface area contributed by atoms with Crippen LogP contribution in [-0.4, -0.2) is 48.2 Å². The average Bonchev–Trinajstić information content (AvgIpc) is 3.17. The maximum Gasteiger partial charge on any atom is 0.303 e. The zero-order valence-corrected chi connectivity index (χ0v) is 13.9. The van der Waals surface area contributed by atoms with E-state index in [2.05, 4.69) is 31.0 Å². The van der Waals surface area contributed by atoms with Gasteiger partial charge in [0.25, 0.3) is 0 Å². The summed E-state index contributed by atoms with van der Waals surface area (Å²) >= 11 is 0. The van der Waals surface area contributed by atoms with Gasteiger partial charge in [0.05, 0.1) is 0 Å². The third kappa shape index (κ3) is 6.79. The van der Waals surface area contributed by atoms with Gasteiger partial charge >= 0.3 is 5.97 Å². The van der Waals surface area contributed by atoms with Crippen molar-refractivity contribution in [3.05, 3.63) is 0 Å². The van der Waals surface area contributed by atoms with E-state index in [-0.39, 0.29) is 0 Å². The quantitative estimate of drug-likeness (QED) is 0.758. The summed E-state index contributed by atoms with van der Waals surface area (Å²) in [6.07, 6.45) is 5.04. The summed E-state index contributed by atoms with van der Waals surface area (Å²) in [5, 5.41) is 12.6. The number of nitrogens with one attached hydrogen (secondary N) is 1. The Hall–Kier alpha value is -0.610. The molecule has 2 N–H and O–H groups in total. The Morgan fingerprint density at radius 3 is 2.52 bits per heavy atom. The summed E-state index contributed by atoms with van der Waals surface area (Å²) in [5.41, 5.74) is 0.301. The van der Waals surface area contributed by atoms with Gasteiger partial charge in [-0.3, -0.25) is 4.79 Å². The van der Waals surface area contributed by atoms with E-state index in [9.17, 15) is 4.79 Å². The number of rotatable bonds is 7. The molecule has 122 valence electrons. The van der Waals surface area contributed by atoms with Crippen molar-refractivity contribution in [3.63, 3.8) is 0 Å². The Bertz CT molecular complexity index is 347. The topological polar surface area (TPSA) is 52.6 Å². The highest BCUT2D eigenvalue weighted by molar-refractivity contribution is 5.66. The van der Waals surface area contributed by atoms with Crippen molar-refractivity contribution < 1.29 is 9.90 Å². The van der Waals surface area contributed by atoms with Crippen molar-refractivity contribution in [2.24, 2.45) is 17.3 Å². The van der Waals surface area contributed by atoms with Gasteiger partial charge in [0, 0.05) is 38.6 Å². The van der Waals surface area contributed by atoms with Crippen LogP contribution in [0.5, 0.6) is 0 Å². The van der Waals surface area contributed by atoms with Gasteiger partial charge in [0.15, 0.2) is 0 Å². The van der Waals surface area contributed by atoms with Crippen LogP contribution < -0.4 is 5.32 Å². The van der Waals surface area contributed by atoms with E-state index in [1.165, 1.54) is 19.4 Å². The van der Waals surface area contributed by atoms with Gasteiger partial charge in [-0.2, -0.15) is 0 Å². The first-order chi connectivity index (χ1) is 9.82. The summed E-state index contributed by atoms with van der Waals surface area (Å²) in [5.74, 6) is 0.783. The van der Waals surface area contributed by atoms with Crippen LogP contribution in [0.1, 0.15) is 52.9 Å². The van der Waals surface area contributed by atoms with Crippen LogP contribution in [0.15, 0.2) is 0 Å². The van der Waals surface area contributed by atoms with Gasteiger partial charge in [0.1, 0.15) is 0 Å². The molecular formula is C17H32N2O2. The highest BCUT2D eigenvalue weighted by Gasteiger charge is 2.31. The molecule has 21 heavy (non-hydrogen) atoms. The lowest BCUT2D eigenvalue weighted by Gasteiger charge is -2.39. The number of likely N-dealkylation sites (tertiary alicyclic amines) is 1. The molecule has 1 aliphatic heterocycles. The Morgan fingerprint density at radius 2 is 1.95 bits per heavy atom. The van der Waals surface area contributed by atoms with Crippen LogP contribution in [0.2, 0.25) is 0 Å².